The van der Waals surface area contributed by atoms with E-state index in [-0.39, 0.29) is 34.7 Å². The van der Waals surface area contributed by atoms with E-state index in [1.807, 2.05) is 45.0 Å². The van der Waals surface area contributed by atoms with Crippen molar-refractivity contribution in [3.8, 4) is 0 Å². The fraction of sp³-hybridized carbons (Fsp3) is 0.302. The molecule has 0 aliphatic carbocycles. The second-order valence-electron chi connectivity index (χ2n) is 15.4. The average Bonchev–Trinajstić information content (AvgIpc) is 3.20. The highest BCUT2D eigenvalue weighted by Crippen LogP contribution is 2.28. The highest BCUT2D eigenvalue weighted by Gasteiger charge is 2.23. The first-order chi connectivity index (χ1) is 27.9. The summed E-state index contributed by atoms with van der Waals surface area (Å²) in [5, 5.41) is 8.70. The minimum atomic E-state index is -0.489. The molecule has 0 amide bonds. The van der Waals surface area contributed by atoms with Crippen LogP contribution in [0.5, 0.6) is 0 Å². The van der Waals surface area contributed by atoms with Crippen LogP contribution in [0.1, 0.15) is 0 Å². The van der Waals surface area contributed by atoms with Gasteiger partial charge in [0.15, 0.2) is 10.9 Å². The van der Waals surface area contributed by atoms with Crippen LogP contribution in [0, 0.1) is 0 Å². The summed E-state index contributed by atoms with van der Waals surface area (Å²) >= 11 is 0. The lowest BCUT2D eigenvalue weighted by atomic mass is 10.0. The Morgan fingerprint density at radius 3 is 1.28 bits per heavy atom. The number of nitrogens with zero attached hydrogens (tertiary/aromatic N) is 7. The van der Waals surface area contributed by atoms with E-state index in [1.165, 1.54) is 17.9 Å². The third kappa shape index (κ3) is 6.37. The van der Waals surface area contributed by atoms with Crippen molar-refractivity contribution in [1.29, 1.82) is 0 Å². The highest BCUT2D eigenvalue weighted by molar-refractivity contribution is 6.08. The van der Waals surface area contributed by atoms with Gasteiger partial charge in [0.05, 0.1) is 43.6 Å². The normalized spacial score (nSPS) is 12.3. The first-order valence-corrected chi connectivity index (χ1v) is 19.3. The van der Waals surface area contributed by atoms with Crippen LogP contribution in [-0.4, -0.2) is 107 Å². The topological polar surface area (TPSA) is 155 Å². The molecule has 4 heterocycles. The molecule has 15 heteroatoms. The summed E-state index contributed by atoms with van der Waals surface area (Å²) < 4.78 is 5.45. The van der Waals surface area contributed by atoms with Gasteiger partial charge in [0.25, 0.3) is 11.1 Å². The number of para-hydroxylation sites is 2. The number of hydrogen-bond donors (Lipinski definition) is 2. The molecule has 4 aromatic carbocycles. The number of anilines is 2. The summed E-state index contributed by atoms with van der Waals surface area (Å²) in [6, 6.07) is 20.7. The van der Waals surface area contributed by atoms with Crippen molar-refractivity contribution in [1.82, 2.24) is 32.6 Å². The largest absolute Gasteiger partial charge is 0.383 e. The third-order valence-corrected chi connectivity index (χ3v) is 11.0. The monoisotopic (exact) mass is 783 g/mol. The minimum absolute atomic E-state index is 0.207. The van der Waals surface area contributed by atoms with Crippen molar-refractivity contribution >= 4 is 65.8 Å². The van der Waals surface area contributed by atoms with Gasteiger partial charge in [-0.3, -0.25) is 37.1 Å². The maximum absolute atomic E-state index is 14.0. The molecule has 298 valence electrons. The van der Waals surface area contributed by atoms with Crippen LogP contribution in [0.15, 0.2) is 102 Å². The Balaban J connectivity index is 1.05. The van der Waals surface area contributed by atoms with E-state index >= 15 is 0 Å². The summed E-state index contributed by atoms with van der Waals surface area (Å²) in [4.78, 5) is 89.1. The van der Waals surface area contributed by atoms with E-state index in [0.717, 1.165) is 0 Å². The van der Waals surface area contributed by atoms with Crippen molar-refractivity contribution in [3.05, 3.63) is 135 Å². The van der Waals surface area contributed by atoms with Gasteiger partial charge in [-0.1, -0.05) is 24.3 Å². The van der Waals surface area contributed by atoms with Crippen molar-refractivity contribution in [2.75, 3.05) is 85.1 Å². The molecule has 0 bridgehead atoms. The van der Waals surface area contributed by atoms with Gasteiger partial charge >= 0.3 is 11.4 Å². The SMILES string of the molecule is CN(C)CCn1c(=O)c2ccc(NCCN(C)CCNc3ccc4c(=O)n(CCN(C)C)c(=O)n5c6ccccc6c(=O)c3c45)c3c(=O)c4ccccc4n(c1=O)c23. The zero-order valence-electron chi connectivity index (χ0n) is 33.2. The molecular formula is C43H45N9O6. The van der Waals surface area contributed by atoms with E-state index < -0.39 is 22.5 Å². The molecule has 0 aliphatic heterocycles. The molecule has 0 saturated carbocycles. The number of rotatable bonds is 14. The first-order valence-electron chi connectivity index (χ1n) is 19.3. The molecule has 15 nitrogen and oxygen atoms in total. The molecular weight excluding hydrogens is 739 g/mol. The molecule has 58 heavy (non-hydrogen) atoms. The predicted octanol–water partition coefficient (Wildman–Crippen LogP) is 2.02. The fourth-order valence-electron chi connectivity index (χ4n) is 7.95. The summed E-state index contributed by atoms with van der Waals surface area (Å²) in [5.41, 5.74) is 0.184. The zero-order valence-corrected chi connectivity index (χ0v) is 33.2. The number of benzene rings is 4. The van der Waals surface area contributed by atoms with Gasteiger partial charge < -0.3 is 25.3 Å². The number of hydrogen-bond acceptors (Lipinski definition) is 11. The van der Waals surface area contributed by atoms with E-state index in [4.69, 9.17) is 0 Å². The van der Waals surface area contributed by atoms with Crippen molar-refractivity contribution in [2.45, 2.75) is 13.1 Å². The van der Waals surface area contributed by atoms with Gasteiger partial charge in [-0.15, -0.1) is 0 Å². The third-order valence-electron chi connectivity index (χ3n) is 11.0. The van der Waals surface area contributed by atoms with Crippen molar-refractivity contribution in [3.63, 3.8) is 0 Å². The molecule has 0 fully saturated rings. The van der Waals surface area contributed by atoms with Gasteiger partial charge in [-0.05, 0) is 83.8 Å². The Morgan fingerprint density at radius 2 is 0.879 bits per heavy atom. The molecule has 0 radical (unpaired) electrons. The average molecular weight is 784 g/mol. The Labute approximate surface area is 330 Å². The summed E-state index contributed by atoms with van der Waals surface area (Å²) in [5.74, 6) is 0. The van der Waals surface area contributed by atoms with Crippen LogP contribution < -0.4 is 44.0 Å². The van der Waals surface area contributed by atoms with Crippen LogP contribution >= 0.6 is 0 Å². The standard InChI is InChI=1S/C43H45N9O6/c1-46(2)22-24-49-40(55)28-14-16-30(34-36(28)51(42(49)57)32-12-8-6-10-26(32)38(34)53)44-18-20-48(5)21-19-45-31-17-15-29-37-35(31)39(54)27-11-7-9-13-33(27)52(37)43(58)50(41(29)56)25-23-47(3)4/h6-17,44-45H,18-25H2,1-5H3. The van der Waals surface area contributed by atoms with Crippen LogP contribution in [-0.2, 0) is 13.1 Å². The van der Waals surface area contributed by atoms with Crippen molar-refractivity contribution < 1.29 is 0 Å². The quantitative estimate of drug-likeness (QED) is 0.123. The Morgan fingerprint density at radius 1 is 0.483 bits per heavy atom. The first kappa shape index (κ1) is 38.5. The van der Waals surface area contributed by atoms with Gasteiger partial charge in [-0.25, -0.2) is 9.59 Å². The van der Waals surface area contributed by atoms with Gasteiger partial charge in [0.2, 0.25) is 0 Å². The smallest absolute Gasteiger partial charge is 0.336 e. The molecule has 4 aromatic heterocycles. The lowest BCUT2D eigenvalue weighted by Crippen LogP contribution is -2.40. The molecule has 0 aliphatic rings. The Hall–Kier alpha value is -6.42. The zero-order chi connectivity index (χ0) is 41.0. The maximum Gasteiger partial charge on any atom is 0.336 e. The second-order valence-corrected chi connectivity index (χ2v) is 15.4. The van der Waals surface area contributed by atoms with Gasteiger partial charge in [0.1, 0.15) is 0 Å². The van der Waals surface area contributed by atoms with Crippen LogP contribution in [0.25, 0.3) is 54.4 Å². The summed E-state index contributed by atoms with van der Waals surface area (Å²) in [7, 11) is 9.45. The van der Waals surface area contributed by atoms with Crippen LogP contribution in [0.3, 0.4) is 0 Å². The van der Waals surface area contributed by atoms with Crippen LogP contribution in [0.2, 0.25) is 0 Å². The fourth-order valence-corrected chi connectivity index (χ4v) is 7.95. The Bertz CT molecular complexity index is 3040. The minimum Gasteiger partial charge on any atom is -0.383 e. The van der Waals surface area contributed by atoms with Crippen molar-refractivity contribution in [2.24, 2.45) is 0 Å². The number of nitrogens with one attached hydrogen (secondary N) is 2. The molecule has 0 unspecified atom stereocenters. The van der Waals surface area contributed by atoms with E-state index in [0.29, 0.717) is 94.3 Å². The van der Waals surface area contributed by atoms with Gasteiger partial charge in [-0.2, -0.15) is 0 Å². The number of fused-ring (bicyclic) bond motifs is 4. The lowest BCUT2D eigenvalue weighted by Gasteiger charge is -2.20. The number of pyridine rings is 2. The van der Waals surface area contributed by atoms with E-state index in [1.54, 1.807) is 72.8 Å². The molecule has 0 saturated heterocycles. The predicted molar refractivity (Wildman–Crippen MR) is 232 cm³/mol. The van der Waals surface area contributed by atoms with Crippen LogP contribution in [0.4, 0.5) is 11.4 Å². The Kier molecular flexibility index (Phi) is 10.0. The summed E-state index contributed by atoms with van der Waals surface area (Å²) in [6.45, 7) is 3.41. The van der Waals surface area contributed by atoms with Gasteiger partial charge in [0, 0.05) is 74.5 Å². The molecule has 0 spiro atoms. The maximum atomic E-state index is 14.0. The van der Waals surface area contributed by atoms with E-state index in [9.17, 15) is 28.8 Å². The number of likely N-dealkylation sites (N-methyl/N-ethyl adjacent to an activating group) is 3. The molecule has 0 atom stereocenters. The lowest BCUT2D eigenvalue weighted by molar-refractivity contribution is 0.361. The molecule has 8 rings (SSSR count). The second kappa shape index (κ2) is 15.2. The highest BCUT2D eigenvalue weighted by atomic mass is 16.2. The molecule has 8 aromatic rings. The van der Waals surface area contributed by atoms with E-state index in [2.05, 4.69) is 15.5 Å². The number of aromatic nitrogens is 4. The molecule has 2 N–H and O–H groups in total. The summed E-state index contributed by atoms with van der Waals surface area (Å²) in [6.07, 6.45) is 0.